The summed E-state index contributed by atoms with van der Waals surface area (Å²) in [5.41, 5.74) is 2.61. The number of benzene rings is 2. The van der Waals surface area contributed by atoms with Crippen molar-refractivity contribution in [1.82, 2.24) is 14.8 Å². The second kappa shape index (κ2) is 10.6. The van der Waals surface area contributed by atoms with Gasteiger partial charge in [-0.2, -0.15) is 0 Å². The van der Waals surface area contributed by atoms with E-state index in [0.717, 1.165) is 17.0 Å². The molecule has 162 valence electrons. The summed E-state index contributed by atoms with van der Waals surface area (Å²) in [5.74, 6) is 1.40. The van der Waals surface area contributed by atoms with Gasteiger partial charge in [0.1, 0.15) is 11.6 Å². The van der Waals surface area contributed by atoms with E-state index < -0.39 is 0 Å². The largest absolute Gasteiger partial charge is 0.497 e. The van der Waals surface area contributed by atoms with Crippen LogP contribution < -0.4 is 15.4 Å². The number of ether oxygens (including phenoxy) is 1. The van der Waals surface area contributed by atoms with E-state index in [-0.39, 0.29) is 17.6 Å². The highest BCUT2D eigenvalue weighted by Crippen LogP contribution is 2.19. The van der Waals surface area contributed by atoms with Gasteiger partial charge in [0, 0.05) is 31.3 Å². The maximum Gasteiger partial charge on any atom is 0.234 e. The fourth-order valence-electron chi connectivity index (χ4n) is 2.78. The first-order valence-electron chi connectivity index (χ1n) is 9.76. The van der Waals surface area contributed by atoms with Crippen LogP contribution >= 0.6 is 11.8 Å². The zero-order chi connectivity index (χ0) is 22.2. The van der Waals surface area contributed by atoms with Gasteiger partial charge >= 0.3 is 0 Å². The maximum absolute atomic E-state index is 12.2. The van der Waals surface area contributed by atoms with Crippen LogP contribution in [0.25, 0.3) is 0 Å². The molecule has 0 unspecified atom stereocenters. The van der Waals surface area contributed by atoms with Crippen LogP contribution in [0.5, 0.6) is 5.75 Å². The molecule has 2 N–H and O–H groups in total. The number of aromatic nitrogens is 3. The minimum atomic E-state index is -0.141. The minimum absolute atomic E-state index is 0.0834. The molecule has 31 heavy (non-hydrogen) atoms. The van der Waals surface area contributed by atoms with Crippen LogP contribution in [0.1, 0.15) is 17.8 Å². The first-order chi connectivity index (χ1) is 14.9. The van der Waals surface area contributed by atoms with Gasteiger partial charge in [-0.05, 0) is 43.3 Å². The van der Waals surface area contributed by atoms with Crippen LogP contribution in [0.4, 0.5) is 11.4 Å². The average Bonchev–Trinajstić information content (AvgIpc) is 3.12. The lowest BCUT2D eigenvalue weighted by molar-refractivity contribution is -0.116. The smallest absolute Gasteiger partial charge is 0.234 e. The Morgan fingerprint density at radius 3 is 2.23 bits per heavy atom. The summed E-state index contributed by atoms with van der Waals surface area (Å²) in [6, 6.07) is 14.8. The zero-order valence-corrected chi connectivity index (χ0v) is 18.5. The second-order valence-electron chi connectivity index (χ2n) is 6.94. The van der Waals surface area contributed by atoms with Crippen LogP contribution in [-0.4, -0.2) is 39.4 Å². The number of hydrogen-bond donors (Lipinski definition) is 2. The SMILES string of the molecule is COc1ccc(NC(=O)CSc2nnc(CCC(=O)Nc3ccc(C)cc3)n2C)cc1. The summed E-state index contributed by atoms with van der Waals surface area (Å²) in [6.45, 7) is 2.00. The number of hydrogen-bond acceptors (Lipinski definition) is 6. The first-order valence-corrected chi connectivity index (χ1v) is 10.7. The third-order valence-electron chi connectivity index (χ3n) is 4.54. The van der Waals surface area contributed by atoms with E-state index in [1.54, 1.807) is 31.4 Å². The molecule has 2 amide bonds. The molecule has 2 aromatic carbocycles. The van der Waals surface area contributed by atoms with E-state index in [0.29, 0.717) is 29.5 Å². The van der Waals surface area contributed by atoms with E-state index in [9.17, 15) is 9.59 Å². The van der Waals surface area contributed by atoms with Crippen LogP contribution in [0.2, 0.25) is 0 Å². The highest BCUT2D eigenvalue weighted by atomic mass is 32.2. The Balaban J connectivity index is 1.46. The number of aryl methyl sites for hydroxylation is 2. The van der Waals surface area contributed by atoms with Gasteiger partial charge in [0.2, 0.25) is 11.8 Å². The Morgan fingerprint density at radius 1 is 0.968 bits per heavy atom. The molecule has 8 nitrogen and oxygen atoms in total. The van der Waals surface area contributed by atoms with Gasteiger partial charge in [0.25, 0.3) is 0 Å². The second-order valence-corrected chi connectivity index (χ2v) is 7.88. The molecule has 0 aliphatic rings. The number of nitrogens with zero attached hydrogens (tertiary/aromatic N) is 3. The third-order valence-corrected chi connectivity index (χ3v) is 5.56. The summed E-state index contributed by atoms with van der Waals surface area (Å²) in [5, 5.41) is 14.6. The number of nitrogens with one attached hydrogen (secondary N) is 2. The Hall–Kier alpha value is -3.33. The summed E-state index contributed by atoms with van der Waals surface area (Å²) in [7, 11) is 3.42. The molecule has 0 saturated carbocycles. The van der Waals surface area contributed by atoms with Gasteiger partial charge in [-0.1, -0.05) is 29.5 Å². The molecule has 0 radical (unpaired) electrons. The van der Waals surface area contributed by atoms with Crippen LogP contribution in [-0.2, 0) is 23.1 Å². The Labute approximate surface area is 185 Å². The fraction of sp³-hybridized carbons (Fsp3) is 0.273. The molecule has 1 aromatic heterocycles. The van der Waals surface area contributed by atoms with E-state index in [1.807, 2.05) is 42.8 Å². The summed E-state index contributed by atoms with van der Waals surface area (Å²) in [6.07, 6.45) is 0.752. The van der Waals surface area contributed by atoms with Crippen LogP contribution in [0.15, 0.2) is 53.7 Å². The predicted octanol–water partition coefficient (Wildman–Crippen LogP) is 3.43. The molecule has 9 heteroatoms. The lowest BCUT2D eigenvalue weighted by Crippen LogP contribution is -2.15. The number of methoxy groups -OCH3 is 1. The number of carbonyl (C=O) groups excluding carboxylic acids is 2. The van der Waals surface area contributed by atoms with Gasteiger partial charge in [-0.25, -0.2) is 0 Å². The van der Waals surface area contributed by atoms with Gasteiger partial charge in [0.15, 0.2) is 5.16 Å². The maximum atomic E-state index is 12.2. The van der Waals surface area contributed by atoms with Crippen LogP contribution in [0.3, 0.4) is 0 Å². The predicted molar refractivity (Wildman–Crippen MR) is 121 cm³/mol. The van der Waals surface area contributed by atoms with Crippen molar-refractivity contribution >= 4 is 35.0 Å². The first kappa shape index (κ1) is 22.4. The van der Waals surface area contributed by atoms with Gasteiger partial charge in [-0.15, -0.1) is 10.2 Å². The molecule has 0 aliphatic carbocycles. The van der Waals surface area contributed by atoms with Crippen molar-refractivity contribution in [2.24, 2.45) is 7.05 Å². The van der Waals surface area contributed by atoms with Crippen molar-refractivity contribution in [3.63, 3.8) is 0 Å². The van der Waals surface area contributed by atoms with E-state index in [1.165, 1.54) is 11.8 Å². The minimum Gasteiger partial charge on any atom is -0.497 e. The Kier molecular flexibility index (Phi) is 7.66. The molecule has 0 atom stereocenters. The third kappa shape index (κ3) is 6.58. The van der Waals surface area contributed by atoms with E-state index >= 15 is 0 Å². The summed E-state index contributed by atoms with van der Waals surface area (Å²) in [4.78, 5) is 24.4. The van der Waals surface area contributed by atoms with E-state index in [2.05, 4.69) is 20.8 Å². The normalized spacial score (nSPS) is 10.5. The molecule has 0 bridgehead atoms. The molecule has 1 heterocycles. The molecular formula is C22H25N5O3S. The van der Waals surface area contributed by atoms with Gasteiger partial charge < -0.3 is 19.9 Å². The van der Waals surface area contributed by atoms with Crippen molar-refractivity contribution in [1.29, 1.82) is 0 Å². The van der Waals surface area contributed by atoms with E-state index in [4.69, 9.17) is 4.74 Å². The lowest BCUT2D eigenvalue weighted by Gasteiger charge is -2.07. The molecule has 3 aromatic rings. The van der Waals surface area contributed by atoms with Gasteiger partial charge in [-0.3, -0.25) is 9.59 Å². The Morgan fingerprint density at radius 2 is 1.58 bits per heavy atom. The molecule has 0 aliphatic heterocycles. The fourth-order valence-corrected chi connectivity index (χ4v) is 3.51. The van der Waals surface area contributed by atoms with Crippen molar-refractivity contribution in [3.8, 4) is 5.75 Å². The zero-order valence-electron chi connectivity index (χ0n) is 17.7. The number of carbonyl (C=O) groups is 2. The molecule has 3 rings (SSSR count). The number of amides is 2. The topological polar surface area (TPSA) is 98.1 Å². The highest BCUT2D eigenvalue weighted by Gasteiger charge is 2.13. The Bertz CT molecular complexity index is 1030. The highest BCUT2D eigenvalue weighted by molar-refractivity contribution is 7.99. The summed E-state index contributed by atoms with van der Waals surface area (Å²) < 4.78 is 6.91. The number of thioether (sulfide) groups is 1. The number of rotatable bonds is 9. The van der Waals surface area contributed by atoms with Crippen molar-refractivity contribution < 1.29 is 14.3 Å². The molecule has 0 saturated heterocycles. The van der Waals surface area contributed by atoms with Crippen molar-refractivity contribution in [3.05, 3.63) is 59.9 Å². The van der Waals surface area contributed by atoms with Crippen molar-refractivity contribution in [2.75, 3.05) is 23.5 Å². The van der Waals surface area contributed by atoms with Crippen molar-refractivity contribution in [2.45, 2.75) is 24.9 Å². The standard InChI is InChI=1S/C22H25N5O3S/c1-15-4-6-16(7-5-15)23-20(28)13-12-19-25-26-22(27(19)2)31-14-21(29)24-17-8-10-18(30-3)11-9-17/h4-11H,12-14H2,1-3H3,(H,23,28)(H,24,29). The monoisotopic (exact) mass is 439 g/mol. The molecule has 0 fully saturated rings. The summed E-state index contributed by atoms with van der Waals surface area (Å²) >= 11 is 1.29. The quantitative estimate of drug-likeness (QED) is 0.496. The molecule has 0 spiro atoms. The lowest BCUT2D eigenvalue weighted by atomic mass is 10.2. The van der Waals surface area contributed by atoms with Gasteiger partial charge in [0.05, 0.1) is 12.9 Å². The number of anilines is 2. The molecular weight excluding hydrogens is 414 g/mol. The average molecular weight is 440 g/mol. The van der Waals surface area contributed by atoms with Crippen LogP contribution in [0, 0.1) is 6.92 Å².